The predicted molar refractivity (Wildman–Crippen MR) is 185 cm³/mol. The van der Waals surface area contributed by atoms with Gasteiger partial charge in [0, 0.05) is 27.3 Å². The third-order valence-electron chi connectivity index (χ3n) is 10.6. The zero-order chi connectivity index (χ0) is 29.7. The molecule has 0 radical (unpaired) electrons. The van der Waals surface area contributed by atoms with E-state index in [2.05, 4.69) is 144 Å². The van der Waals surface area contributed by atoms with Gasteiger partial charge in [-0.1, -0.05) is 141 Å². The molecule has 8 rings (SSSR count). The average Bonchev–Trinajstić information content (AvgIpc) is 3.49. The van der Waals surface area contributed by atoms with Crippen molar-refractivity contribution in [2.45, 2.75) is 58.8 Å². The first-order chi connectivity index (χ1) is 20.7. The van der Waals surface area contributed by atoms with Crippen LogP contribution in [0.25, 0.3) is 33.3 Å². The Bertz CT molecular complexity index is 2110. The van der Waals surface area contributed by atoms with E-state index in [-0.39, 0.29) is 10.8 Å². The molecule has 2 heteroatoms. The molecule has 1 N–H and O–H groups in total. The molecule has 1 aliphatic carbocycles. The van der Waals surface area contributed by atoms with Gasteiger partial charge in [-0.3, -0.25) is 0 Å². The minimum atomic E-state index is -0.0691. The van der Waals surface area contributed by atoms with Gasteiger partial charge in [-0.15, -0.1) is 0 Å². The molecular formula is C41H38BN. The van der Waals surface area contributed by atoms with Crippen LogP contribution in [0, 0.1) is 13.8 Å². The number of aromatic amines is 1. The summed E-state index contributed by atoms with van der Waals surface area (Å²) >= 11 is 0. The molecule has 0 fully saturated rings. The molecule has 0 unspecified atom stereocenters. The first kappa shape index (κ1) is 26.3. The fourth-order valence-electron chi connectivity index (χ4n) is 8.57. The van der Waals surface area contributed by atoms with E-state index in [1.54, 1.807) is 0 Å². The van der Waals surface area contributed by atoms with Crippen LogP contribution in [0.5, 0.6) is 0 Å². The van der Waals surface area contributed by atoms with Gasteiger partial charge in [-0.25, -0.2) is 0 Å². The van der Waals surface area contributed by atoms with Crippen LogP contribution in [0.1, 0.15) is 72.2 Å². The lowest BCUT2D eigenvalue weighted by Crippen LogP contribution is -2.41. The highest BCUT2D eigenvalue weighted by Gasteiger charge is 2.39. The van der Waals surface area contributed by atoms with E-state index in [4.69, 9.17) is 0 Å². The summed E-state index contributed by atoms with van der Waals surface area (Å²) in [4.78, 5) is 3.95. The van der Waals surface area contributed by atoms with Gasteiger partial charge in [0.05, 0.1) is 11.2 Å². The maximum absolute atomic E-state index is 3.95. The van der Waals surface area contributed by atoms with Crippen LogP contribution >= 0.6 is 0 Å². The lowest BCUT2D eigenvalue weighted by molar-refractivity contribution is 0.629. The summed E-state index contributed by atoms with van der Waals surface area (Å²) < 4.78 is 0. The fourth-order valence-corrected chi connectivity index (χ4v) is 8.57. The van der Waals surface area contributed by atoms with Gasteiger partial charge in [0.25, 0.3) is 0 Å². The summed E-state index contributed by atoms with van der Waals surface area (Å²) in [6, 6.07) is 36.6. The first-order valence-corrected chi connectivity index (χ1v) is 15.7. The Morgan fingerprint density at radius 2 is 1.47 bits per heavy atom. The summed E-state index contributed by atoms with van der Waals surface area (Å²) in [5.41, 5.74) is 20.8. The van der Waals surface area contributed by atoms with Crippen molar-refractivity contribution in [1.82, 2.24) is 4.98 Å². The van der Waals surface area contributed by atoms with Gasteiger partial charge in [0.2, 0.25) is 0 Å². The molecule has 2 heterocycles. The Hall–Kier alpha value is -4.30. The Morgan fingerprint density at radius 1 is 0.744 bits per heavy atom. The highest BCUT2D eigenvalue weighted by molar-refractivity contribution is 6.70. The molecule has 43 heavy (non-hydrogen) atoms. The molecule has 0 bridgehead atoms. The number of aromatic nitrogens is 1. The topological polar surface area (TPSA) is 15.8 Å². The Balaban J connectivity index is 1.29. The molecule has 6 aromatic rings. The number of nitrogens with one attached hydrogen (secondary N) is 1. The second kappa shape index (κ2) is 9.10. The molecule has 1 aliphatic heterocycles. The van der Waals surface area contributed by atoms with Gasteiger partial charge in [-0.2, -0.15) is 0 Å². The van der Waals surface area contributed by atoms with Crippen molar-refractivity contribution in [2.75, 3.05) is 0 Å². The molecule has 0 saturated heterocycles. The molecule has 0 saturated carbocycles. The molecule has 5 aromatic carbocycles. The Labute approximate surface area is 256 Å². The third-order valence-corrected chi connectivity index (χ3v) is 10.6. The fraction of sp³-hybridized carbons (Fsp3) is 0.220. The van der Waals surface area contributed by atoms with E-state index in [1.807, 2.05) is 0 Å². The molecule has 1 aromatic heterocycles. The van der Waals surface area contributed by atoms with Gasteiger partial charge >= 0.3 is 0 Å². The number of hydrogen-bond acceptors (Lipinski definition) is 0. The minimum Gasteiger partial charge on any atom is -0.354 e. The van der Waals surface area contributed by atoms with E-state index in [0.29, 0.717) is 0 Å². The van der Waals surface area contributed by atoms with E-state index < -0.39 is 0 Å². The van der Waals surface area contributed by atoms with Crippen LogP contribution in [0.2, 0.25) is 0 Å². The van der Waals surface area contributed by atoms with E-state index in [0.717, 1.165) is 13.7 Å². The van der Waals surface area contributed by atoms with Crippen molar-refractivity contribution < 1.29 is 0 Å². The Morgan fingerprint density at radius 3 is 2.30 bits per heavy atom. The SMILES string of the molecule is Cc1cc2c(c(-c3cccc4c5c([nH]c34)-c3ccccc3C5(C)C)c1)Bc1cccc(C(C)(C)c3ccccc3C)c1C2. The maximum Gasteiger partial charge on any atom is 0.193 e. The molecule has 1 nitrogen and oxygen atoms in total. The number of benzene rings is 5. The van der Waals surface area contributed by atoms with Gasteiger partial charge < -0.3 is 4.98 Å². The van der Waals surface area contributed by atoms with Crippen LogP contribution in [-0.4, -0.2) is 12.3 Å². The largest absolute Gasteiger partial charge is 0.354 e. The van der Waals surface area contributed by atoms with Crippen LogP contribution in [0.15, 0.2) is 97.1 Å². The first-order valence-electron chi connectivity index (χ1n) is 15.7. The number of H-pyrrole nitrogens is 1. The number of para-hydroxylation sites is 1. The monoisotopic (exact) mass is 555 g/mol. The zero-order valence-corrected chi connectivity index (χ0v) is 26.2. The average molecular weight is 556 g/mol. The number of aryl methyl sites for hydroxylation is 2. The second-order valence-corrected chi connectivity index (χ2v) is 14.0. The van der Waals surface area contributed by atoms with Crippen molar-refractivity contribution >= 4 is 29.1 Å². The van der Waals surface area contributed by atoms with Crippen molar-refractivity contribution in [3.63, 3.8) is 0 Å². The summed E-state index contributed by atoms with van der Waals surface area (Å²) in [6.45, 7) is 14.0. The zero-order valence-electron chi connectivity index (χ0n) is 26.2. The number of fused-ring (bicyclic) bond motifs is 7. The summed E-state index contributed by atoms with van der Waals surface area (Å²) in [7, 11) is 0.961. The van der Waals surface area contributed by atoms with Crippen molar-refractivity contribution in [3.8, 4) is 22.4 Å². The Kier molecular flexibility index (Phi) is 5.58. The van der Waals surface area contributed by atoms with Crippen LogP contribution in [0.3, 0.4) is 0 Å². The van der Waals surface area contributed by atoms with Gasteiger partial charge in [-0.05, 0) is 64.8 Å². The van der Waals surface area contributed by atoms with E-state index >= 15 is 0 Å². The molecular weight excluding hydrogens is 517 g/mol. The van der Waals surface area contributed by atoms with Crippen molar-refractivity contribution in [2.24, 2.45) is 0 Å². The second-order valence-electron chi connectivity index (χ2n) is 14.0. The lowest BCUT2D eigenvalue weighted by atomic mass is 9.53. The summed E-state index contributed by atoms with van der Waals surface area (Å²) in [5.74, 6) is 0. The van der Waals surface area contributed by atoms with Crippen LogP contribution in [-0.2, 0) is 17.3 Å². The highest BCUT2D eigenvalue weighted by Crippen LogP contribution is 2.52. The van der Waals surface area contributed by atoms with Crippen molar-refractivity contribution in [3.05, 3.63) is 142 Å². The van der Waals surface area contributed by atoms with Crippen LogP contribution in [0.4, 0.5) is 0 Å². The molecule has 0 spiro atoms. The highest BCUT2D eigenvalue weighted by atomic mass is 14.8. The van der Waals surface area contributed by atoms with Crippen molar-refractivity contribution in [1.29, 1.82) is 0 Å². The van der Waals surface area contributed by atoms with E-state index in [9.17, 15) is 0 Å². The number of rotatable bonds is 3. The lowest BCUT2D eigenvalue weighted by Gasteiger charge is -2.33. The summed E-state index contributed by atoms with van der Waals surface area (Å²) in [5, 5.41) is 1.35. The van der Waals surface area contributed by atoms with Crippen LogP contribution < -0.4 is 10.9 Å². The van der Waals surface area contributed by atoms with E-state index in [1.165, 1.54) is 88.7 Å². The van der Waals surface area contributed by atoms with Gasteiger partial charge in [0.1, 0.15) is 0 Å². The quantitative estimate of drug-likeness (QED) is 0.211. The molecule has 0 amide bonds. The standard InChI is InChI=1S/C41H38BN/c1-24-21-26-23-31-34(40(3,4)32-17-9-7-13-25(32)2)19-12-20-35(31)42-37(26)30(22-24)27-15-11-16-29-36-39(43-38(27)29)28-14-8-10-18-33(28)41(36,5)6/h7-22,42-43H,23H2,1-6H3. The van der Waals surface area contributed by atoms with Gasteiger partial charge in [0.15, 0.2) is 7.28 Å². The molecule has 210 valence electrons. The number of hydrogen-bond donors (Lipinski definition) is 1. The molecule has 0 atom stereocenters. The third kappa shape index (κ3) is 3.72. The molecule has 2 aliphatic rings. The maximum atomic E-state index is 3.95. The normalized spacial score (nSPS) is 14.6. The minimum absolute atomic E-state index is 0.0336. The predicted octanol–water partition coefficient (Wildman–Crippen LogP) is 8.38. The summed E-state index contributed by atoms with van der Waals surface area (Å²) in [6.07, 6.45) is 0.975. The smallest absolute Gasteiger partial charge is 0.193 e.